The third-order valence-corrected chi connectivity index (χ3v) is 4.29. The topological polar surface area (TPSA) is 83.2 Å². The van der Waals surface area contributed by atoms with Gasteiger partial charge in [-0.15, -0.1) is 0 Å². The largest absolute Gasteiger partial charge is 0.486 e. The maximum atomic E-state index is 12.6. The summed E-state index contributed by atoms with van der Waals surface area (Å²) in [5, 5.41) is 11.7. The number of aryl methyl sites for hydroxylation is 2. The lowest BCUT2D eigenvalue weighted by Crippen LogP contribution is -2.24. The molecule has 1 aliphatic rings. The molecule has 0 aliphatic carbocycles. The Morgan fingerprint density at radius 1 is 1.24 bits per heavy atom. The number of rotatable bonds is 3. The van der Waals surface area contributed by atoms with Crippen molar-refractivity contribution in [3.63, 3.8) is 0 Å². The van der Waals surface area contributed by atoms with Gasteiger partial charge in [-0.05, 0) is 26.0 Å². The molecule has 0 saturated carbocycles. The summed E-state index contributed by atoms with van der Waals surface area (Å²) >= 11 is 0. The average Bonchev–Trinajstić information content (AvgIpc) is 3.16. The Balaban J connectivity index is 1.54. The molecule has 0 bridgehead atoms. The van der Waals surface area contributed by atoms with E-state index < -0.39 is 6.04 Å². The molecule has 1 aromatic carbocycles. The Hall–Kier alpha value is -3.03. The Bertz CT molecular complexity index is 924. The number of carbonyl (C=O) groups is 1. The highest BCUT2D eigenvalue weighted by Gasteiger charge is 2.20. The van der Waals surface area contributed by atoms with E-state index in [1.807, 2.05) is 27.1 Å². The van der Waals surface area contributed by atoms with Gasteiger partial charge in [-0.3, -0.25) is 14.2 Å². The van der Waals surface area contributed by atoms with Crippen molar-refractivity contribution in [3.05, 3.63) is 30.1 Å². The first-order chi connectivity index (χ1) is 12.0. The predicted octanol–water partition coefficient (Wildman–Crippen LogP) is 2.05. The van der Waals surface area contributed by atoms with Crippen LogP contribution < -0.4 is 14.8 Å². The highest BCUT2D eigenvalue weighted by atomic mass is 16.6. The van der Waals surface area contributed by atoms with Crippen LogP contribution >= 0.6 is 0 Å². The Morgan fingerprint density at radius 3 is 2.76 bits per heavy atom. The zero-order chi connectivity index (χ0) is 17.6. The maximum absolute atomic E-state index is 12.6. The van der Waals surface area contributed by atoms with Gasteiger partial charge in [0.05, 0.1) is 11.9 Å². The van der Waals surface area contributed by atoms with Crippen LogP contribution in [0.3, 0.4) is 0 Å². The molecule has 1 atom stereocenters. The second-order valence-corrected chi connectivity index (χ2v) is 6.08. The van der Waals surface area contributed by atoms with Crippen molar-refractivity contribution < 1.29 is 14.3 Å². The zero-order valence-corrected chi connectivity index (χ0v) is 14.3. The summed E-state index contributed by atoms with van der Waals surface area (Å²) in [5.41, 5.74) is 3.21. The van der Waals surface area contributed by atoms with E-state index in [0.717, 1.165) is 16.7 Å². The molecule has 0 saturated heterocycles. The predicted molar refractivity (Wildman–Crippen MR) is 92.0 cm³/mol. The smallest absolute Gasteiger partial charge is 0.248 e. The monoisotopic (exact) mass is 341 g/mol. The minimum atomic E-state index is -0.458. The molecule has 1 amide bonds. The van der Waals surface area contributed by atoms with Crippen LogP contribution in [0.2, 0.25) is 0 Å². The van der Waals surface area contributed by atoms with Crippen molar-refractivity contribution in [2.45, 2.75) is 19.9 Å². The van der Waals surface area contributed by atoms with Gasteiger partial charge in [0.1, 0.15) is 30.3 Å². The Labute approximate surface area is 144 Å². The molecular weight excluding hydrogens is 322 g/mol. The number of benzene rings is 1. The molecule has 1 N–H and O–H groups in total. The molecule has 0 radical (unpaired) electrons. The fourth-order valence-electron chi connectivity index (χ4n) is 2.89. The zero-order valence-electron chi connectivity index (χ0n) is 14.3. The van der Waals surface area contributed by atoms with E-state index in [9.17, 15) is 4.79 Å². The number of hydrogen-bond acceptors (Lipinski definition) is 5. The summed E-state index contributed by atoms with van der Waals surface area (Å²) in [6.45, 7) is 4.76. The molecule has 8 heteroatoms. The van der Waals surface area contributed by atoms with E-state index in [-0.39, 0.29) is 5.91 Å². The molecular formula is C17H19N5O3. The van der Waals surface area contributed by atoms with Gasteiger partial charge >= 0.3 is 0 Å². The number of nitrogens with one attached hydrogen (secondary N) is 1. The number of fused-ring (bicyclic) bond motifs is 2. The summed E-state index contributed by atoms with van der Waals surface area (Å²) in [6.07, 6.45) is 1.84. The van der Waals surface area contributed by atoms with Crippen LogP contribution in [0.4, 0.5) is 5.69 Å². The molecule has 3 aromatic rings. The third kappa shape index (κ3) is 2.69. The van der Waals surface area contributed by atoms with Crippen molar-refractivity contribution in [1.82, 2.24) is 19.6 Å². The van der Waals surface area contributed by atoms with Crippen molar-refractivity contribution in [3.8, 4) is 11.5 Å². The van der Waals surface area contributed by atoms with Crippen molar-refractivity contribution >= 4 is 22.6 Å². The normalized spacial score (nSPS) is 14.5. The minimum absolute atomic E-state index is 0.157. The van der Waals surface area contributed by atoms with Crippen LogP contribution in [0.1, 0.15) is 18.7 Å². The molecule has 2 aromatic heterocycles. The molecule has 25 heavy (non-hydrogen) atoms. The molecule has 3 heterocycles. The lowest BCUT2D eigenvalue weighted by atomic mass is 10.2. The Kier molecular flexibility index (Phi) is 3.60. The summed E-state index contributed by atoms with van der Waals surface area (Å²) in [5.74, 6) is 1.18. The highest BCUT2D eigenvalue weighted by molar-refractivity contribution is 5.94. The lowest BCUT2D eigenvalue weighted by Gasteiger charge is -2.19. The highest BCUT2D eigenvalue weighted by Crippen LogP contribution is 2.32. The van der Waals surface area contributed by atoms with Gasteiger partial charge < -0.3 is 14.8 Å². The summed E-state index contributed by atoms with van der Waals surface area (Å²) in [7, 11) is 1.86. The first-order valence-electron chi connectivity index (χ1n) is 8.12. The number of nitrogens with zero attached hydrogens (tertiary/aromatic N) is 4. The summed E-state index contributed by atoms with van der Waals surface area (Å²) < 4.78 is 14.5. The maximum Gasteiger partial charge on any atom is 0.248 e. The summed E-state index contributed by atoms with van der Waals surface area (Å²) in [6, 6.07) is 4.91. The van der Waals surface area contributed by atoms with Crippen LogP contribution in [-0.4, -0.2) is 38.7 Å². The second-order valence-electron chi connectivity index (χ2n) is 6.08. The average molecular weight is 341 g/mol. The van der Waals surface area contributed by atoms with Crippen LogP contribution in [0.25, 0.3) is 11.0 Å². The number of anilines is 1. The Morgan fingerprint density at radius 2 is 2.00 bits per heavy atom. The lowest BCUT2D eigenvalue weighted by molar-refractivity contribution is -0.119. The molecule has 4 rings (SSSR count). The number of aromatic nitrogens is 4. The van der Waals surface area contributed by atoms with Gasteiger partial charge in [-0.1, -0.05) is 0 Å². The van der Waals surface area contributed by atoms with E-state index in [1.165, 1.54) is 0 Å². The molecule has 8 nitrogen and oxygen atoms in total. The molecule has 1 aliphatic heterocycles. The number of ether oxygens (including phenoxy) is 2. The van der Waals surface area contributed by atoms with Crippen molar-refractivity contribution in [2.24, 2.45) is 7.05 Å². The van der Waals surface area contributed by atoms with Gasteiger partial charge in [-0.25, -0.2) is 0 Å². The van der Waals surface area contributed by atoms with Crippen molar-refractivity contribution in [1.29, 1.82) is 0 Å². The molecule has 1 unspecified atom stereocenters. The molecule has 0 fully saturated rings. The van der Waals surface area contributed by atoms with Gasteiger partial charge in [0.25, 0.3) is 0 Å². The van der Waals surface area contributed by atoms with E-state index in [2.05, 4.69) is 15.5 Å². The van der Waals surface area contributed by atoms with Crippen LogP contribution in [0.5, 0.6) is 11.5 Å². The standard InChI is InChI=1S/C17H19N5O3/c1-10-16-13(21(3)19-10)9-22(20-16)11(2)17(23)18-12-4-5-14-15(8-12)25-7-6-24-14/h4-5,8-9,11H,6-7H2,1-3H3,(H,18,23). The SMILES string of the molecule is Cc1nn(C)c2cn(C(C)C(=O)Nc3ccc4c(c3)OCCO4)nc12. The van der Waals surface area contributed by atoms with E-state index in [0.29, 0.717) is 30.4 Å². The fraction of sp³-hybridized carbons (Fsp3) is 0.353. The van der Waals surface area contributed by atoms with Gasteiger partial charge in [0.2, 0.25) is 5.91 Å². The number of carbonyl (C=O) groups excluding carboxylic acids is 1. The molecule has 0 spiro atoms. The van der Waals surface area contributed by atoms with E-state index in [4.69, 9.17) is 9.47 Å². The van der Waals surface area contributed by atoms with Crippen molar-refractivity contribution in [2.75, 3.05) is 18.5 Å². The quantitative estimate of drug-likeness (QED) is 0.788. The number of hydrogen-bond donors (Lipinski definition) is 1. The molecule has 130 valence electrons. The van der Waals surface area contributed by atoms with Crippen LogP contribution in [0.15, 0.2) is 24.4 Å². The van der Waals surface area contributed by atoms with E-state index >= 15 is 0 Å². The second kappa shape index (κ2) is 5.80. The number of amides is 1. The van der Waals surface area contributed by atoms with Crippen LogP contribution in [0, 0.1) is 6.92 Å². The summed E-state index contributed by atoms with van der Waals surface area (Å²) in [4.78, 5) is 12.6. The third-order valence-electron chi connectivity index (χ3n) is 4.29. The van der Waals surface area contributed by atoms with Gasteiger partial charge in [0.15, 0.2) is 11.5 Å². The first kappa shape index (κ1) is 15.5. The van der Waals surface area contributed by atoms with E-state index in [1.54, 1.807) is 27.6 Å². The van der Waals surface area contributed by atoms with Crippen LogP contribution in [-0.2, 0) is 11.8 Å². The van der Waals surface area contributed by atoms with Gasteiger partial charge in [0, 0.05) is 18.8 Å². The fourth-order valence-corrected chi connectivity index (χ4v) is 2.89. The minimum Gasteiger partial charge on any atom is -0.486 e. The first-order valence-corrected chi connectivity index (χ1v) is 8.12. The van der Waals surface area contributed by atoms with Gasteiger partial charge in [-0.2, -0.15) is 10.2 Å².